The van der Waals surface area contributed by atoms with Gasteiger partial charge in [-0.2, -0.15) is 0 Å². The van der Waals surface area contributed by atoms with Crippen molar-refractivity contribution in [2.75, 3.05) is 4.90 Å². The second kappa shape index (κ2) is 5.59. The minimum Gasteiger partial charge on any atom is -0.318 e. The SMILES string of the molecule is C=CN(c1ccc(F)cc1)c1ccc2c(c1)C(C)(C)c1ccccc1-2. The van der Waals surface area contributed by atoms with Gasteiger partial charge in [-0.15, -0.1) is 0 Å². The van der Waals surface area contributed by atoms with Crippen molar-refractivity contribution in [3.8, 4) is 11.1 Å². The molecule has 0 saturated carbocycles. The Morgan fingerprint density at radius 1 is 0.840 bits per heavy atom. The molecule has 0 aromatic heterocycles. The Hall–Kier alpha value is -2.87. The van der Waals surface area contributed by atoms with Crippen molar-refractivity contribution in [1.82, 2.24) is 0 Å². The normalized spacial score (nSPS) is 13.9. The van der Waals surface area contributed by atoms with Crippen LogP contribution in [0.3, 0.4) is 0 Å². The highest BCUT2D eigenvalue weighted by atomic mass is 19.1. The van der Waals surface area contributed by atoms with Gasteiger partial charge in [-0.3, -0.25) is 0 Å². The van der Waals surface area contributed by atoms with E-state index in [9.17, 15) is 4.39 Å². The van der Waals surface area contributed by atoms with E-state index in [1.165, 1.54) is 34.4 Å². The quantitative estimate of drug-likeness (QED) is 0.536. The van der Waals surface area contributed by atoms with Gasteiger partial charge in [0.2, 0.25) is 0 Å². The predicted molar refractivity (Wildman–Crippen MR) is 103 cm³/mol. The maximum absolute atomic E-state index is 13.2. The minimum absolute atomic E-state index is 0.0441. The summed E-state index contributed by atoms with van der Waals surface area (Å²) in [5.74, 6) is -0.238. The van der Waals surface area contributed by atoms with Crippen LogP contribution in [0.1, 0.15) is 25.0 Å². The van der Waals surface area contributed by atoms with Gasteiger partial charge in [0.15, 0.2) is 0 Å². The second-order valence-corrected chi connectivity index (χ2v) is 6.93. The Morgan fingerprint density at radius 3 is 2.20 bits per heavy atom. The van der Waals surface area contributed by atoms with E-state index in [1.54, 1.807) is 18.3 Å². The molecule has 0 spiro atoms. The fourth-order valence-electron chi connectivity index (χ4n) is 3.80. The highest BCUT2D eigenvalue weighted by Crippen LogP contribution is 2.49. The van der Waals surface area contributed by atoms with Crippen LogP contribution in [0.15, 0.2) is 79.5 Å². The molecule has 0 amide bonds. The van der Waals surface area contributed by atoms with Crippen LogP contribution in [0.25, 0.3) is 11.1 Å². The van der Waals surface area contributed by atoms with Crippen LogP contribution in [-0.2, 0) is 5.41 Å². The molecule has 1 aliphatic rings. The molecule has 4 rings (SSSR count). The van der Waals surface area contributed by atoms with E-state index in [-0.39, 0.29) is 11.2 Å². The lowest BCUT2D eigenvalue weighted by Crippen LogP contribution is -2.16. The van der Waals surface area contributed by atoms with E-state index in [4.69, 9.17) is 0 Å². The van der Waals surface area contributed by atoms with Gasteiger partial charge in [0, 0.05) is 23.0 Å². The Bertz CT molecular complexity index is 954. The molecule has 0 bridgehead atoms. The van der Waals surface area contributed by atoms with Crippen molar-refractivity contribution in [3.63, 3.8) is 0 Å². The third kappa shape index (κ3) is 2.37. The molecule has 3 aromatic rings. The molecule has 0 unspecified atom stereocenters. The molecule has 0 fully saturated rings. The first-order valence-electron chi connectivity index (χ1n) is 8.44. The zero-order chi connectivity index (χ0) is 17.6. The largest absolute Gasteiger partial charge is 0.318 e. The Labute approximate surface area is 148 Å². The Morgan fingerprint density at radius 2 is 1.48 bits per heavy atom. The summed E-state index contributed by atoms with van der Waals surface area (Å²) in [6, 6.07) is 21.6. The van der Waals surface area contributed by atoms with E-state index in [2.05, 4.69) is 62.9 Å². The van der Waals surface area contributed by atoms with E-state index in [0.29, 0.717) is 0 Å². The van der Waals surface area contributed by atoms with Gasteiger partial charge in [0.1, 0.15) is 5.82 Å². The Kier molecular flexibility index (Phi) is 3.50. The van der Waals surface area contributed by atoms with Gasteiger partial charge in [-0.25, -0.2) is 4.39 Å². The van der Waals surface area contributed by atoms with E-state index in [0.717, 1.165) is 11.4 Å². The first kappa shape index (κ1) is 15.6. The molecule has 25 heavy (non-hydrogen) atoms. The lowest BCUT2D eigenvalue weighted by Gasteiger charge is -2.25. The minimum atomic E-state index is -0.238. The average Bonchev–Trinajstić information content (AvgIpc) is 2.85. The number of halogens is 1. The highest BCUT2D eigenvalue weighted by molar-refractivity contribution is 5.83. The summed E-state index contributed by atoms with van der Waals surface area (Å²) in [5, 5.41) is 0. The van der Waals surface area contributed by atoms with Crippen LogP contribution in [0, 0.1) is 5.82 Å². The van der Waals surface area contributed by atoms with Gasteiger partial charge >= 0.3 is 0 Å². The molecule has 0 aliphatic heterocycles. The van der Waals surface area contributed by atoms with E-state index in [1.807, 2.05) is 4.90 Å². The van der Waals surface area contributed by atoms with Crippen LogP contribution in [-0.4, -0.2) is 0 Å². The molecule has 0 radical (unpaired) electrons. The molecule has 3 aromatic carbocycles. The number of hydrogen-bond donors (Lipinski definition) is 0. The zero-order valence-electron chi connectivity index (χ0n) is 14.5. The van der Waals surface area contributed by atoms with Crippen molar-refractivity contribution in [1.29, 1.82) is 0 Å². The van der Waals surface area contributed by atoms with Gasteiger partial charge in [0.05, 0.1) is 0 Å². The standard InChI is InChI=1S/C23H20FN/c1-4-25(17-11-9-16(24)10-12-17)18-13-14-20-19-7-5-6-8-21(19)23(2,3)22(20)15-18/h4-15H,1H2,2-3H3. The molecule has 2 heteroatoms. The predicted octanol–water partition coefficient (Wildman–Crippen LogP) is 6.41. The van der Waals surface area contributed by atoms with Crippen molar-refractivity contribution >= 4 is 11.4 Å². The topological polar surface area (TPSA) is 3.24 Å². The highest BCUT2D eigenvalue weighted by Gasteiger charge is 2.35. The fraction of sp³-hybridized carbons (Fsp3) is 0.130. The third-order valence-corrected chi connectivity index (χ3v) is 5.13. The summed E-state index contributed by atoms with van der Waals surface area (Å²) < 4.78 is 13.2. The molecule has 1 nitrogen and oxygen atoms in total. The van der Waals surface area contributed by atoms with E-state index >= 15 is 0 Å². The van der Waals surface area contributed by atoms with Crippen molar-refractivity contribution in [2.45, 2.75) is 19.3 Å². The number of benzene rings is 3. The first-order valence-corrected chi connectivity index (χ1v) is 8.44. The lowest BCUT2D eigenvalue weighted by atomic mass is 9.82. The zero-order valence-corrected chi connectivity index (χ0v) is 14.5. The molecular formula is C23H20FN. The van der Waals surface area contributed by atoms with Gasteiger partial charge in [-0.1, -0.05) is 50.8 Å². The number of hydrogen-bond acceptors (Lipinski definition) is 1. The molecule has 1 aliphatic carbocycles. The van der Waals surface area contributed by atoms with Crippen LogP contribution < -0.4 is 4.90 Å². The van der Waals surface area contributed by atoms with Crippen molar-refractivity contribution < 1.29 is 4.39 Å². The van der Waals surface area contributed by atoms with Gasteiger partial charge in [-0.05, 0) is 58.7 Å². The smallest absolute Gasteiger partial charge is 0.123 e. The van der Waals surface area contributed by atoms with Crippen LogP contribution in [0.5, 0.6) is 0 Å². The number of nitrogens with zero attached hydrogens (tertiary/aromatic N) is 1. The monoisotopic (exact) mass is 329 g/mol. The Balaban J connectivity index is 1.83. The molecule has 0 saturated heterocycles. The molecule has 0 N–H and O–H groups in total. The molecule has 0 atom stereocenters. The summed E-state index contributed by atoms with van der Waals surface area (Å²) in [4.78, 5) is 1.98. The molecule has 0 heterocycles. The van der Waals surface area contributed by atoms with Gasteiger partial charge < -0.3 is 4.90 Å². The summed E-state index contributed by atoms with van der Waals surface area (Å²) in [5.41, 5.74) is 7.13. The summed E-state index contributed by atoms with van der Waals surface area (Å²) in [6.07, 6.45) is 1.77. The molecule has 124 valence electrons. The fourth-order valence-corrected chi connectivity index (χ4v) is 3.80. The summed E-state index contributed by atoms with van der Waals surface area (Å²) in [6.45, 7) is 8.46. The second-order valence-electron chi connectivity index (χ2n) is 6.93. The number of anilines is 2. The van der Waals surface area contributed by atoms with Crippen molar-refractivity contribution in [2.24, 2.45) is 0 Å². The van der Waals surface area contributed by atoms with Crippen LogP contribution >= 0.6 is 0 Å². The summed E-state index contributed by atoms with van der Waals surface area (Å²) in [7, 11) is 0. The average molecular weight is 329 g/mol. The van der Waals surface area contributed by atoms with Crippen molar-refractivity contribution in [3.05, 3.63) is 96.5 Å². The van der Waals surface area contributed by atoms with E-state index < -0.39 is 0 Å². The van der Waals surface area contributed by atoms with Crippen LogP contribution in [0.2, 0.25) is 0 Å². The maximum atomic E-state index is 13.2. The number of rotatable bonds is 3. The first-order chi connectivity index (χ1) is 12.0. The summed E-state index contributed by atoms with van der Waals surface area (Å²) >= 11 is 0. The third-order valence-electron chi connectivity index (χ3n) is 5.13. The lowest BCUT2D eigenvalue weighted by molar-refractivity contribution is 0.628. The van der Waals surface area contributed by atoms with Crippen LogP contribution in [0.4, 0.5) is 15.8 Å². The number of fused-ring (bicyclic) bond motifs is 3. The van der Waals surface area contributed by atoms with Gasteiger partial charge in [0.25, 0.3) is 0 Å². The molecular weight excluding hydrogens is 309 g/mol. The maximum Gasteiger partial charge on any atom is 0.123 e.